The van der Waals surface area contributed by atoms with Crippen molar-refractivity contribution in [2.45, 2.75) is 25.8 Å². The Kier molecular flexibility index (Phi) is 10.8. The summed E-state index contributed by atoms with van der Waals surface area (Å²) in [6.07, 6.45) is 2.01. The van der Waals surface area contributed by atoms with Crippen molar-refractivity contribution in [2.24, 2.45) is 10.9 Å². The highest BCUT2D eigenvalue weighted by Gasteiger charge is 2.29. The summed E-state index contributed by atoms with van der Waals surface area (Å²) in [5.74, 6) is 0.827. The number of halogens is 2. The number of rotatable bonds is 9. The van der Waals surface area contributed by atoms with Crippen molar-refractivity contribution in [3.63, 3.8) is 0 Å². The summed E-state index contributed by atoms with van der Waals surface area (Å²) in [4.78, 5) is 18.7. The summed E-state index contributed by atoms with van der Waals surface area (Å²) in [5, 5.41) is 9.44. The van der Waals surface area contributed by atoms with Gasteiger partial charge in [-0.15, -0.1) is 24.0 Å². The Morgan fingerprint density at radius 3 is 2.63 bits per heavy atom. The number of amides is 1. The summed E-state index contributed by atoms with van der Waals surface area (Å²) < 4.78 is 19.3. The molecule has 1 aliphatic heterocycles. The van der Waals surface area contributed by atoms with Gasteiger partial charge in [0.25, 0.3) is 0 Å². The van der Waals surface area contributed by atoms with Crippen LogP contribution in [0.5, 0.6) is 0 Å². The second-order valence-electron chi connectivity index (χ2n) is 7.43. The van der Waals surface area contributed by atoms with Gasteiger partial charge in [0, 0.05) is 38.6 Å². The summed E-state index contributed by atoms with van der Waals surface area (Å²) in [6.45, 7) is 7.38. The molecule has 0 radical (unpaired) electrons. The third kappa shape index (κ3) is 7.99. The number of carbonyl (C=O) groups is 1. The van der Waals surface area contributed by atoms with Crippen LogP contribution < -0.4 is 16.0 Å². The number of ether oxygens (including phenoxy) is 1. The fourth-order valence-electron chi connectivity index (χ4n) is 3.41. The highest BCUT2D eigenvalue weighted by Crippen LogP contribution is 2.28. The van der Waals surface area contributed by atoms with Gasteiger partial charge in [-0.2, -0.15) is 0 Å². The van der Waals surface area contributed by atoms with Crippen LogP contribution in [0.4, 0.5) is 4.39 Å². The van der Waals surface area contributed by atoms with Gasteiger partial charge in [-0.1, -0.05) is 12.1 Å². The van der Waals surface area contributed by atoms with Crippen molar-refractivity contribution in [1.29, 1.82) is 0 Å². The minimum Gasteiger partial charge on any atom is -0.379 e. The molecule has 168 valence electrons. The van der Waals surface area contributed by atoms with Crippen LogP contribution in [-0.2, 0) is 9.53 Å². The maximum Gasteiger partial charge on any atom is 0.223 e. The zero-order valence-electron chi connectivity index (χ0n) is 17.5. The number of morpholine rings is 1. The standard InChI is InChI=1S/C21H32FN5O2.HI/c1-2-23-21(25-9-8-24-20(28)16-6-7-16)26-15-19(27-10-12-29-13-11-27)17-4-3-5-18(22)14-17;/h3-5,14,16,19H,2,6-13,15H2,1H3,(H,24,28)(H2,23,25,26);1H. The first-order valence-electron chi connectivity index (χ1n) is 10.5. The van der Waals surface area contributed by atoms with Crippen molar-refractivity contribution in [2.75, 3.05) is 52.5 Å². The molecule has 0 spiro atoms. The van der Waals surface area contributed by atoms with Crippen molar-refractivity contribution < 1.29 is 13.9 Å². The van der Waals surface area contributed by atoms with Crippen LogP contribution in [0.25, 0.3) is 0 Å². The lowest BCUT2D eigenvalue weighted by molar-refractivity contribution is -0.122. The zero-order chi connectivity index (χ0) is 20.5. The van der Waals surface area contributed by atoms with Gasteiger partial charge in [0.2, 0.25) is 5.91 Å². The monoisotopic (exact) mass is 533 g/mol. The third-order valence-corrected chi connectivity index (χ3v) is 5.15. The molecular weight excluding hydrogens is 500 g/mol. The SMILES string of the molecule is CCNC(=NCC(c1cccc(F)c1)N1CCOCC1)NCCNC(=O)C1CC1.I. The predicted octanol–water partition coefficient (Wildman–Crippen LogP) is 1.90. The van der Waals surface area contributed by atoms with E-state index < -0.39 is 0 Å². The molecule has 30 heavy (non-hydrogen) atoms. The second-order valence-corrected chi connectivity index (χ2v) is 7.43. The van der Waals surface area contributed by atoms with Crippen molar-refractivity contribution in [3.05, 3.63) is 35.6 Å². The van der Waals surface area contributed by atoms with Crippen LogP contribution in [0.15, 0.2) is 29.3 Å². The Hall–Kier alpha value is -1.46. The molecule has 0 bridgehead atoms. The zero-order valence-corrected chi connectivity index (χ0v) is 19.9. The predicted molar refractivity (Wildman–Crippen MR) is 127 cm³/mol. The molecule has 1 saturated carbocycles. The Labute approximate surface area is 195 Å². The van der Waals surface area contributed by atoms with Crippen molar-refractivity contribution in [3.8, 4) is 0 Å². The van der Waals surface area contributed by atoms with Gasteiger partial charge in [0.05, 0.1) is 25.8 Å². The average Bonchev–Trinajstić information content (AvgIpc) is 3.57. The van der Waals surface area contributed by atoms with E-state index in [0.717, 1.165) is 38.0 Å². The first-order chi connectivity index (χ1) is 14.2. The van der Waals surface area contributed by atoms with Crippen molar-refractivity contribution >= 4 is 35.8 Å². The molecule has 1 amide bonds. The molecule has 1 heterocycles. The topological polar surface area (TPSA) is 78.0 Å². The minimum atomic E-state index is -0.235. The lowest BCUT2D eigenvalue weighted by Gasteiger charge is -2.34. The number of aliphatic imine (C=N–C) groups is 1. The molecule has 2 aliphatic rings. The molecule has 1 aromatic rings. The Morgan fingerprint density at radius 1 is 1.23 bits per heavy atom. The molecule has 1 aliphatic carbocycles. The Morgan fingerprint density at radius 2 is 1.97 bits per heavy atom. The van der Waals surface area contributed by atoms with E-state index in [0.29, 0.717) is 38.8 Å². The van der Waals surface area contributed by atoms with Crippen LogP contribution in [0.1, 0.15) is 31.4 Å². The van der Waals surface area contributed by atoms with Gasteiger partial charge < -0.3 is 20.7 Å². The van der Waals surface area contributed by atoms with Crippen molar-refractivity contribution in [1.82, 2.24) is 20.9 Å². The van der Waals surface area contributed by atoms with E-state index in [9.17, 15) is 9.18 Å². The lowest BCUT2D eigenvalue weighted by atomic mass is 10.0. The fourth-order valence-corrected chi connectivity index (χ4v) is 3.41. The molecule has 9 heteroatoms. The number of benzene rings is 1. The lowest BCUT2D eigenvalue weighted by Crippen LogP contribution is -2.43. The highest BCUT2D eigenvalue weighted by atomic mass is 127. The molecule has 1 saturated heterocycles. The van der Waals surface area contributed by atoms with E-state index >= 15 is 0 Å². The molecule has 0 aromatic heterocycles. The number of nitrogens with zero attached hydrogens (tertiary/aromatic N) is 2. The van der Waals surface area contributed by atoms with Gasteiger partial charge in [-0.05, 0) is 37.5 Å². The molecule has 3 rings (SSSR count). The van der Waals surface area contributed by atoms with Crippen LogP contribution in [0.2, 0.25) is 0 Å². The van der Waals surface area contributed by atoms with Crippen LogP contribution >= 0.6 is 24.0 Å². The number of guanidine groups is 1. The van der Waals surface area contributed by atoms with Crippen LogP contribution in [0, 0.1) is 11.7 Å². The van der Waals surface area contributed by atoms with Crippen LogP contribution in [0.3, 0.4) is 0 Å². The smallest absolute Gasteiger partial charge is 0.223 e. The van der Waals surface area contributed by atoms with Gasteiger partial charge in [-0.25, -0.2) is 4.39 Å². The normalized spacial score (nSPS) is 18.3. The molecule has 2 fully saturated rings. The molecular formula is C21H33FIN5O2. The maximum absolute atomic E-state index is 13.8. The Balaban J connectivity index is 0.00000320. The van der Waals surface area contributed by atoms with Crippen LogP contribution in [-0.4, -0.2) is 69.2 Å². The van der Waals surface area contributed by atoms with E-state index in [2.05, 4.69) is 20.9 Å². The minimum absolute atomic E-state index is 0. The number of carbonyl (C=O) groups excluding carboxylic acids is 1. The maximum atomic E-state index is 13.8. The fraction of sp³-hybridized carbons (Fsp3) is 0.619. The van der Waals surface area contributed by atoms with Gasteiger partial charge in [0.15, 0.2) is 5.96 Å². The molecule has 1 atom stereocenters. The van der Waals surface area contributed by atoms with E-state index in [1.54, 1.807) is 12.1 Å². The number of hydrogen-bond donors (Lipinski definition) is 3. The average molecular weight is 533 g/mol. The molecule has 1 aromatic carbocycles. The summed E-state index contributed by atoms with van der Waals surface area (Å²) >= 11 is 0. The largest absolute Gasteiger partial charge is 0.379 e. The summed E-state index contributed by atoms with van der Waals surface area (Å²) in [5.41, 5.74) is 0.920. The number of hydrogen-bond acceptors (Lipinski definition) is 4. The Bertz CT molecular complexity index is 696. The molecule has 7 nitrogen and oxygen atoms in total. The highest BCUT2D eigenvalue weighted by molar-refractivity contribution is 14.0. The van der Waals surface area contributed by atoms with E-state index in [1.807, 2.05) is 13.0 Å². The van der Waals surface area contributed by atoms with E-state index in [4.69, 9.17) is 9.73 Å². The van der Waals surface area contributed by atoms with Gasteiger partial charge in [-0.3, -0.25) is 14.7 Å². The van der Waals surface area contributed by atoms with E-state index in [1.165, 1.54) is 6.07 Å². The first kappa shape index (κ1) is 24.8. The molecule has 3 N–H and O–H groups in total. The first-order valence-corrected chi connectivity index (χ1v) is 10.5. The van der Waals surface area contributed by atoms with Gasteiger partial charge in [0.1, 0.15) is 5.82 Å². The third-order valence-electron chi connectivity index (χ3n) is 5.15. The molecule has 1 unspecified atom stereocenters. The van der Waals surface area contributed by atoms with Gasteiger partial charge >= 0.3 is 0 Å². The summed E-state index contributed by atoms with van der Waals surface area (Å²) in [7, 11) is 0. The quantitative estimate of drug-likeness (QED) is 0.196. The van der Waals surface area contributed by atoms with E-state index in [-0.39, 0.29) is 47.7 Å². The second kappa shape index (κ2) is 13.1. The summed E-state index contributed by atoms with van der Waals surface area (Å²) in [6, 6.07) is 6.73. The number of nitrogens with one attached hydrogen (secondary N) is 3.